The quantitative estimate of drug-likeness (QED) is 0.622. The fourth-order valence-corrected chi connectivity index (χ4v) is 1.96. The fourth-order valence-electron chi connectivity index (χ4n) is 1.96. The van der Waals surface area contributed by atoms with Crippen molar-refractivity contribution in [2.45, 2.75) is 32.9 Å². The van der Waals surface area contributed by atoms with Crippen LogP contribution in [0.4, 0.5) is 5.82 Å². The number of nitrogens with zero attached hydrogens (tertiary/aromatic N) is 2. The van der Waals surface area contributed by atoms with E-state index in [0.29, 0.717) is 0 Å². The highest BCUT2D eigenvalue weighted by molar-refractivity contribution is 5.45. The highest BCUT2D eigenvalue weighted by atomic mass is 16.1. The fraction of sp³-hybridized carbons (Fsp3) is 0.545. The van der Waals surface area contributed by atoms with Crippen LogP contribution >= 0.6 is 0 Å². The van der Waals surface area contributed by atoms with Crippen LogP contribution in [0.5, 0.6) is 0 Å². The van der Waals surface area contributed by atoms with Crippen LogP contribution in [-0.4, -0.2) is 16.7 Å². The standard InChI is InChI=1S/C11H16N2O/c1-11(2,3)13-8-7-12-9(13)5-4-6-10(12)14/h4-6H,7-8H2,1-3H3. The number of fused-ring (bicyclic) bond motifs is 1. The molecule has 0 saturated heterocycles. The molecular formula is C11H16N2O. The van der Waals surface area contributed by atoms with Crippen molar-refractivity contribution in [2.24, 2.45) is 0 Å². The van der Waals surface area contributed by atoms with Crippen molar-refractivity contribution in [3.8, 4) is 0 Å². The summed E-state index contributed by atoms with van der Waals surface area (Å²) in [4.78, 5) is 13.8. The van der Waals surface area contributed by atoms with E-state index in [2.05, 4.69) is 25.7 Å². The van der Waals surface area contributed by atoms with E-state index in [4.69, 9.17) is 0 Å². The molecule has 1 aromatic heterocycles. The van der Waals surface area contributed by atoms with Gasteiger partial charge < -0.3 is 4.90 Å². The third-order valence-electron chi connectivity index (χ3n) is 2.66. The first-order valence-electron chi connectivity index (χ1n) is 4.98. The largest absolute Gasteiger partial charge is 0.351 e. The number of aromatic nitrogens is 1. The lowest BCUT2D eigenvalue weighted by Gasteiger charge is -2.33. The zero-order valence-electron chi connectivity index (χ0n) is 8.95. The van der Waals surface area contributed by atoms with Crippen molar-refractivity contribution in [3.05, 3.63) is 28.6 Å². The van der Waals surface area contributed by atoms with Crippen LogP contribution in [0.2, 0.25) is 0 Å². The van der Waals surface area contributed by atoms with Gasteiger partial charge in [0.1, 0.15) is 5.82 Å². The Morgan fingerprint density at radius 3 is 2.57 bits per heavy atom. The molecule has 3 heteroatoms. The molecule has 0 atom stereocenters. The summed E-state index contributed by atoms with van der Waals surface area (Å²) >= 11 is 0. The Morgan fingerprint density at radius 1 is 1.21 bits per heavy atom. The molecular weight excluding hydrogens is 176 g/mol. The molecule has 14 heavy (non-hydrogen) atoms. The molecule has 1 aliphatic rings. The highest BCUT2D eigenvalue weighted by Gasteiger charge is 2.28. The second-order valence-electron chi connectivity index (χ2n) is 4.70. The maximum absolute atomic E-state index is 11.5. The molecule has 0 radical (unpaired) electrons. The van der Waals surface area contributed by atoms with E-state index in [0.717, 1.165) is 18.9 Å². The van der Waals surface area contributed by atoms with Crippen LogP contribution in [0.15, 0.2) is 23.0 Å². The Bertz CT molecular complexity index is 400. The van der Waals surface area contributed by atoms with Gasteiger partial charge in [0.25, 0.3) is 5.56 Å². The van der Waals surface area contributed by atoms with Crippen molar-refractivity contribution >= 4 is 5.82 Å². The predicted molar refractivity (Wildman–Crippen MR) is 57.8 cm³/mol. The van der Waals surface area contributed by atoms with Crippen LogP contribution < -0.4 is 10.5 Å². The number of hydrogen-bond donors (Lipinski definition) is 0. The van der Waals surface area contributed by atoms with Gasteiger partial charge in [0.05, 0.1) is 0 Å². The van der Waals surface area contributed by atoms with Gasteiger partial charge in [-0.2, -0.15) is 0 Å². The van der Waals surface area contributed by atoms with E-state index in [1.54, 1.807) is 6.07 Å². The van der Waals surface area contributed by atoms with Gasteiger partial charge in [0.15, 0.2) is 0 Å². The van der Waals surface area contributed by atoms with Crippen LogP contribution in [0.25, 0.3) is 0 Å². The van der Waals surface area contributed by atoms with E-state index in [1.807, 2.05) is 16.7 Å². The average molecular weight is 192 g/mol. The van der Waals surface area contributed by atoms with Gasteiger partial charge in [-0.05, 0) is 26.8 Å². The molecule has 0 spiro atoms. The van der Waals surface area contributed by atoms with Crippen LogP contribution in [0.1, 0.15) is 20.8 Å². The molecule has 1 aromatic rings. The third kappa shape index (κ3) is 1.33. The maximum atomic E-state index is 11.5. The van der Waals surface area contributed by atoms with E-state index in [9.17, 15) is 4.79 Å². The maximum Gasteiger partial charge on any atom is 0.252 e. The number of pyridine rings is 1. The number of rotatable bonds is 0. The first kappa shape index (κ1) is 9.31. The Kier molecular flexibility index (Phi) is 1.91. The van der Waals surface area contributed by atoms with Crippen molar-refractivity contribution < 1.29 is 0 Å². The Balaban J connectivity index is 2.51. The molecule has 2 rings (SSSR count). The normalized spacial score (nSPS) is 15.8. The molecule has 0 aliphatic carbocycles. The summed E-state index contributed by atoms with van der Waals surface area (Å²) in [6, 6.07) is 5.47. The molecule has 0 saturated carbocycles. The molecule has 0 bridgehead atoms. The minimum absolute atomic E-state index is 0.0893. The molecule has 0 aromatic carbocycles. The topological polar surface area (TPSA) is 25.2 Å². The second-order valence-corrected chi connectivity index (χ2v) is 4.70. The van der Waals surface area contributed by atoms with Gasteiger partial charge in [-0.3, -0.25) is 9.36 Å². The monoisotopic (exact) mass is 192 g/mol. The van der Waals surface area contributed by atoms with Gasteiger partial charge in [-0.1, -0.05) is 6.07 Å². The molecule has 76 valence electrons. The van der Waals surface area contributed by atoms with Crippen LogP contribution in [0.3, 0.4) is 0 Å². The van der Waals surface area contributed by atoms with E-state index in [1.165, 1.54) is 0 Å². The van der Waals surface area contributed by atoms with Crippen molar-refractivity contribution in [3.63, 3.8) is 0 Å². The Labute approximate surface area is 84.0 Å². The highest BCUT2D eigenvalue weighted by Crippen LogP contribution is 2.26. The van der Waals surface area contributed by atoms with E-state index >= 15 is 0 Å². The van der Waals surface area contributed by atoms with Gasteiger partial charge >= 0.3 is 0 Å². The lowest BCUT2D eigenvalue weighted by molar-refractivity contribution is 0.517. The van der Waals surface area contributed by atoms with Crippen molar-refractivity contribution in [1.29, 1.82) is 0 Å². The summed E-state index contributed by atoms with van der Waals surface area (Å²) in [7, 11) is 0. The van der Waals surface area contributed by atoms with Gasteiger partial charge in [0.2, 0.25) is 0 Å². The smallest absolute Gasteiger partial charge is 0.252 e. The predicted octanol–water partition coefficient (Wildman–Crippen LogP) is 1.47. The zero-order chi connectivity index (χ0) is 10.3. The number of anilines is 1. The van der Waals surface area contributed by atoms with E-state index < -0.39 is 0 Å². The third-order valence-corrected chi connectivity index (χ3v) is 2.66. The SMILES string of the molecule is CC(C)(C)N1CCn2c1cccc2=O. The Hall–Kier alpha value is -1.25. The molecule has 0 fully saturated rings. The van der Waals surface area contributed by atoms with E-state index in [-0.39, 0.29) is 11.1 Å². The molecule has 2 heterocycles. The summed E-state index contributed by atoms with van der Waals surface area (Å²) in [5.41, 5.74) is 0.195. The summed E-state index contributed by atoms with van der Waals surface area (Å²) in [5.74, 6) is 1.05. The molecule has 0 N–H and O–H groups in total. The Morgan fingerprint density at radius 2 is 1.93 bits per heavy atom. The van der Waals surface area contributed by atoms with Crippen molar-refractivity contribution in [1.82, 2.24) is 4.57 Å². The van der Waals surface area contributed by atoms with Crippen LogP contribution in [0, 0.1) is 0 Å². The first-order valence-corrected chi connectivity index (χ1v) is 4.98. The zero-order valence-corrected chi connectivity index (χ0v) is 8.95. The minimum atomic E-state index is 0.0893. The lowest BCUT2D eigenvalue weighted by Crippen LogP contribution is -2.40. The average Bonchev–Trinajstić information content (AvgIpc) is 2.47. The molecule has 0 amide bonds. The molecule has 1 aliphatic heterocycles. The molecule has 3 nitrogen and oxygen atoms in total. The van der Waals surface area contributed by atoms with Crippen LogP contribution in [-0.2, 0) is 6.54 Å². The summed E-state index contributed by atoms with van der Waals surface area (Å²) in [6.07, 6.45) is 0. The first-order chi connectivity index (χ1) is 6.50. The summed E-state index contributed by atoms with van der Waals surface area (Å²) < 4.78 is 1.84. The van der Waals surface area contributed by atoms with Crippen molar-refractivity contribution in [2.75, 3.05) is 11.4 Å². The number of hydrogen-bond acceptors (Lipinski definition) is 2. The summed E-state index contributed by atoms with van der Waals surface area (Å²) in [6.45, 7) is 8.25. The summed E-state index contributed by atoms with van der Waals surface area (Å²) in [5, 5.41) is 0. The molecule has 0 unspecified atom stereocenters. The second kappa shape index (κ2) is 2.87. The minimum Gasteiger partial charge on any atom is -0.351 e. The van der Waals surface area contributed by atoms with Gasteiger partial charge in [-0.25, -0.2) is 0 Å². The lowest BCUT2D eigenvalue weighted by atomic mass is 10.1. The van der Waals surface area contributed by atoms with Gasteiger partial charge in [-0.15, -0.1) is 0 Å². The van der Waals surface area contributed by atoms with Gasteiger partial charge in [0, 0.05) is 24.7 Å².